The number of halogens is 3. The van der Waals surface area contributed by atoms with Gasteiger partial charge in [-0.3, -0.25) is 9.59 Å². The van der Waals surface area contributed by atoms with E-state index >= 15 is 0 Å². The molecule has 0 aliphatic heterocycles. The number of hydrogen-bond donors (Lipinski definition) is 3. The molecular weight excluding hydrogens is 356 g/mol. The third kappa shape index (κ3) is 5.11. The Morgan fingerprint density at radius 3 is 2.46 bits per heavy atom. The summed E-state index contributed by atoms with van der Waals surface area (Å²) in [6.07, 6.45) is 0. The Morgan fingerprint density at radius 2 is 1.79 bits per heavy atom. The fourth-order valence-corrected chi connectivity index (χ4v) is 2.36. The molecule has 0 unspecified atom stereocenters. The third-order valence-corrected chi connectivity index (χ3v) is 3.48. The van der Waals surface area contributed by atoms with E-state index in [4.69, 9.17) is 23.2 Å². The highest BCUT2D eigenvalue weighted by Gasteiger charge is 2.09. The molecular formula is C16H14Cl2FN3O2. The molecule has 0 aromatic heterocycles. The van der Waals surface area contributed by atoms with Crippen LogP contribution in [0.25, 0.3) is 0 Å². The van der Waals surface area contributed by atoms with Crippen molar-refractivity contribution in [3.8, 4) is 0 Å². The number of hydrogen-bond acceptors (Lipinski definition) is 3. The number of carbonyl (C=O) groups excluding carboxylic acids is 2. The van der Waals surface area contributed by atoms with Crippen molar-refractivity contribution in [1.29, 1.82) is 0 Å². The first-order valence-electron chi connectivity index (χ1n) is 6.91. The average Bonchev–Trinajstić information content (AvgIpc) is 2.50. The molecule has 2 aromatic rings. The predicted molar refractivity (Wildman–Crippen MR) is 94.3 cm³/mol. The molecule has 0 atom stereocenters. The number of anilines is 3. The number of nitrogens with one attached hydrogen (secondary N) is 3. The van der Waals surface area contributed by atoms with Crippen molar-refractivity contribution in [2.75, 3.05) is 22.5 Å². The Kier molecular flexibility index (Phi) is 6.00. The van der Waals surface area contributed by atoms with Crippen molar-refractivity contribution >= 4 is 52.1 Å². The lowest BCUT2D eigenvalue weighted by Gasteiger charge is -2.11. The van der Waals surface area contributed by atoms with Crippen LogP contribution in [-0.4, -0.2) is 18.4 Å². The molecule has 3 N–H and O–H groups in total. The standard InChI is InChI=1S/C16H14Cl2FN3O2/c1-9(23)21-11-3-4-13(19)15(7-11)20-8-16(24)22-14-5-2-10(17)6-12(14)18/h2-7,20H,8H2,1H3,(H,21,23)(H,22,24). The Balaban J connectivity index is 1.99. The van der Waals surface area contributed by atoms with Crippen LogP contribution in [0.4, 0.5) is 21.5 Å². The van der Waals surface area contributed by atoms with E-state index in [1.54, 1.807) is 12.1 Å². The van der Waals surface area contributed by atoms with E-state index in [2.05, 4.69) is 16.0 Å². The van der Waals surface area contributed by atoms with Crippen molar-refractivity contribution < 1.29 is 14.0 Å². The van der Waals surface area contributed by atoms with E-state index < -0.39 is 11.7 Å². The van der Waals surface area contributed by atoms with E-state index in [1.807, 2.05) is 0 Å². The van der Waals surface area contributed by atoms with Gasteiger partial charge in [-0.05, 0) is 36.4 Å². The van der Waals surface area contributed by atoms with Crippen molar-refractivity contribution in [1.82, 2.24) is 0 Å². The lowest BCUT2D eigenvalue weighted by molar-refractivity contribution is -0.115. The Bertz CT molecular complexity index is 784. The molecule has 24 heavy (non-hydrogen) atoms. The minimum Gasteiger partial charge on any atom is -0.374 e. The summed E-state index contributed by atoms with van der Waals surface area (Å²) < 4.78 is 13.8. The van der Waals surface area contributed by atoms with Crippen LogP contribution in [0.2, 0.25) is 10.0 Å². The van der Waals surface area contributed by atoms with Crippen molar-refractivity contribution in [3.05, 3.63) is 52.3 Å². The highest BCUT2D eigenvalue weighted by Crippen LogP contribution is 2.25. The van der Waals surface area contributed by atoms with Crippen LogP contribution in [-0.2, 0) is 9.59 Å². The van der Waals surface area contributed by atoms with Gasteiger partial charge in [-0.1, -0.05) is 23.2 Å². The average molecular weight is 370 g/mol. The van der Waals surface area contributed by atoms with Crippen LogP contribution in [0, 0.1) is 5.82 Å². The van der Waals surface area contributed by atoms with Gasteiger partial charge in [-0.2, -0.15) is 0 Å². The van der Waals surface area contributed by atoms with Gasteiger partial charge in [-0.15, -0.1) is 0 Å². The lowest BCUT2D eigenvalue weighted by Crippen LogP contribution is -2.22. The summed E-state index contributed by atoms with van der Waals surface area (Å²) in [4.78, 5) is 23.0. The maximum Gasteiger partial charge on any atom is 0.243 e. The van der Waals surface area contributed by atoms with Gasteiger partial charge in [-0.25, -0.2) is 4.39 Å². The molecule has 0 aliphatic carbocycles. The summed E-state index contributed by atoms with van der Waals surface area (Å²) in [6, 6.07) is 8.69. The second-order valence-electron chi connectivity index (χ2n) is 4.90. The van der Waals surface area contributed by atoms with E-state index in [1.165, 1.54) is 31.2 Å². The van der Waals surface area contributed by atoms with Gasteiger partial charge in [0.2, 0.25) is 11.8 Å². The quantitative estimate of drug-likeness (QED) is 0.741. The molecule has 0 spiro atoms. The van der Waals surface area contributed by atoms with Crippen LogP contribution in [0.1, 0.15) is 6.92 Å². The van der Waals surface area contributed by atoms with Crippen molar-refractivity contribution in [2.24, 2.45) is 0 Å². The monoisotopic (exact) mass is 369 g/mol. The summed E-state index contributed by atoms with van der Waals surface area (Å²) in [5, 5.41) is 8.55. The fraction of sp³-hybridized carbons (Fsp3) is 0.125. The van der Waals surface area contributed by atoms with Gasteiger partial charge in [0, 0.05) is 17.6 Å². The predicted octanol–water partition coefficient (Wildman–Crippen LogP) is 4.14. The smallest absolute Gasteiger partial charge is 0.243 e. The minimum atomic E-state index is -0.540. The minimum absolute atomic E-state index is 0.0959. The molecule has 0 saturated carbocycles. The van der Waals surface area contributed by atoms with Crippen molar-refractivity contribution in [2.45, 2.75) is 6.92 Å². The van der Waals surface area contributed by atoms with Crippen LogP contribution in [0.5, 0.6) is 0 Å². The second kappa shape index (κ2) is 7.99. The number of amides is 2. The molecule has 2 aromatic carbocycles. The van der Waals surface area contributed by atoms with Crippen molar-refractivity contribution in [3.63, 3.8) is 0 Å². The SMILES string of the molecule is CC(=O)Nc1ccc(F)c(NCC(=O)Nc2ccc(Cl)cc2Cl)c1. The van der Waals surface area contributed by atoms with Gasteiger partial charge >= 0.3 is 0 Å². The molecule has 0 saturated heterocycles. The first kappa shape index (κ1) is 18.0. The Hall–Kier alpha value is -2.31. The largest absolute Gasteiger partial charge is 0.374 e. The zero-order valence-electron chi connectivity index (χ0n) is 12.6. The lowest BCUT2D eigenvalue weighted by atomic mass is 10.2. The van der Waals surface area contributed by atoms with Gasteiger partial charge in [0.15, 0.2) is 0 Å². The summed E-state index contributed by atoms with van der Waals surface area (Å²) in [6.45, 7) is 1.17. The van der Waals surface area contributed by atoms with E-state index in [0.29, 0.717) is 21.4 Å². The van der Waals surface area contributed by atoms with Gasteiger partial charge in [0.25, 0.3) is 0 Å². The molecule has 126 valence electrons. The number of carbonyl (C=O) groups is 2. The molecule has 2 rings (SSSR count). The molecule has 0 heterocycles. The molecule has 0 radical (unpaired) electrons. The summed E-state index contributed by atoms with van der Waals surface area (Å²) in [5.41, 5.74) is 0.923. The molecule has 0 bridgehead atoms. The third-order valence-electron chi connectivity index (χ3n) is 2.93. The molecule has 5 nitrogen and oxygen atoms in total. The van der Waals surface area contributed by atoms with Crippen LogP contribution < -0.4 is 16.0 Å². The van der Waals surface area contributed by atoms with Crippen LogP contribution >= 0.6 is 23.2 Å². The number of rotatable bonds is 5. The molecule has 2 amide bonds. The highest BCUT2D eigenvalue weighted by molar-refractivity contribution is 6.36. The van der Waals surface area contributed by atoms with E-state index in [9.17, 15) is 14.0 Å². The van der Waals surface area contributed by atoms with E-state index in [-0.39, 0.29) is 18.1 Å². The zero-order valence-corrected chi connectivity index (χ0v) is 14.1. The molecule has 8 heteroatoms. The highest BCUT2D eigenvalue weighted by atomic mass is 35.5. The molecule has 0 aliphatic rings. The first-order valence-corrected chi connectivity index (χ1v) is 7.66. The Morgan fingerprint density at radius 1 is 1.04 bits per heavy atom. The first-order chi connectivity index (χ1) is 11.3. The fourth-order valence-electron chi connectivity index (χ4n) is 1.90. The van der Waals surface area contributed by atoms with Gasteiger partial charge < -0.3 is 16.0 Å². The van der Waals surface area contributed by atoms with Gasteiger partial charge in [0.1, 0.15) is 5.82 Å². The molecule has 0 fully saturated rings. The Labute approximate surface area is 148 Å². The second-order valence-corrected chi connectivity index (χ2v) is 5.75. The maximum atomic E-state index is 13.8. The zero-order chi connectivity index (χ0) is 17.7. The normalized spacial score (nSPS) is 10.2. The maximum absolute atomic E-state index is 13.8. The van der Waals surface area contributed by atoms with E-state index in [0.717, 1.165) is 0 Å². The van der Waals surface area contributed by atoms with Gasteiger partial charge in [0.05, 0.1) is 22.9 Å². The summed E-state index contributed by atoms with van der Waals surface area (Å²) in [5.74, 6) is -1.23. The summed E-state index contributed by atoms with van der Waals surface area (Å²) >= 11 is 11.7. The van der Waals surface area contributed by atoms with Crippen LogP contribution in [0.15, 0.2) is 36.4 Å². The van der Waals surface area contributed by atoms with Crippen LogP contribution in [0.3, 0.4) is 0 Å². The topological polar surface area (TPSA) is 70.2 Å². The number of benzene rings is 2. The summed E-state index contributed by atoms with van der Waals surface area (Å²) in [7, 11) is 0.